The molecule has 29 heavy (non-hydrogen) atoms. The maximum Gasteiger partial charge on any atom is 0.325 e. The third kappa shape index (κ3) is 3.52. The monoisotopic (exact) mass is 403 g/mol. The van der Waals surface area contributed by atoms with Gasteiger partial charge in [-0.05, 0) is 32.1 Å². The zero-order valence-electron chi connectivity index (χ0n) is 16.8. The maximum atomic E-state index is 12.7. The van der Waals surface area contributed by atoms with Crippen LogP contribution in [0.3, 0.4) is 0 Å². The van der Waals surface area contributed by atoms with Crippen LogP contribution in [0.1, 0.15) is 57.4 Å². The number of carbonyl (C=O) groups is 3. The standard InChI is InChI=1S/C20H29N5O4/c1-23(14-6-7-15(17(14)27)24-12-10-21-13-24)16(26)5-4-11-25-18(28)20(22-19(25)29)8-2-3-9-20/h10,12-15,17,27H,2-9,11H2,1H3,(H,22,29)/t14-,15-,17-/m1/s1. The Labute approximate surface area is 170 Å². The van der Waals surface area contributed by atoms with Crippen molar-refractivity contribution >= 4 is 17.8 Å². The Bertz CT molecular complexity index is 774. The lowest BCUT2D eigenvalue weighted by Gasteiger charge is -2.29. The van der Waals surface area contributed by atoms with Gasteiger partial charge in [0.2, 0.25) is 5.91 Å². The predicted octanol–water partition coefficient (Wildman–Crippen LogP) is 1.05. The molecule has 1 saturated heterocycles. The normalized spacial score (nSPS) is 28.3. The molecule has 0 unspecified atom stereocenters. The van der Waals surface area contributed by atoms with Crippen molar-refractivity contribution < 1.29 is 19.5 Å². The molecule has 2 N–H and O–H groups in total. The average molecular weight is 403 g/mol. The molecule has 9 nitrogen and oxygen atoms in total. The lowest BCUT2D eigenvalue weighted by molar-refractivity contribution is -0.135. The van der Waals surface area contributed by atoms with Crippen LogP contribution in [0.2, 0.25) is 0 Å². The number of imidazole rings is 1. The molecule has 2 aliphatic carbocycles. The highest BCUT2D eigenvalue weighted by molar-refractivity contribution is 6.07. The number of aliphatic hydroxyl groups is 1. The minimum absolute atomic E-state index is 0.0775. The van der Waals surface area contributed by atoms with Gasteiger partial charge in [0.15, 0.2) is 0 Å². The van der Waals surface area contributed by atoms with E-state index in [4.69, 9.17) is 0 Å². The Hall–Kier alpha value is -2.42. The van der Waals surface area contributed by atoms with E-state index in [0.29, 0.717) is 19.3 Å². The van der Waals surface area contributed by atoms with Gasteiger partial charge in [-0.25, -0.2) is 9.78 Å². The van der Waals surface area contributed by atoms with Gasteiger partial charge in [0.1, 0.15) is 5.54 Å². The molecule has 3 aliphatic rings. The molecule has 2 heterocycles. The van der Waals surface area contributed by atoms with Crippen molar-refractivity contribution in [3.05, 3.63) is 18.7 Å². The summed E-state index contributed by atoms with van der Waals surface area (Å²) in [6.45, 7) is 0.247. The number of aliphatic hydroxyl groups excluding tert-OH is 1. The second-order valence-electron chi connectivity index (χ2n) is 8.50. The molecule has 4 amide bonds. The van der Waals surface area contributed by atoms with Crippen molar-refractivity contribution in [2.24, 2.45) is 0 Å². The number of carbonyl (C=O) groups excluding carboxylic acids is 3. The molecule has 2 saturated carbocycles. The third-order valence-electron chi connectivity index (χ3n) is 6.82. The minimum atomic E-state index is -0.700. The van der Waals surface area contributed by atoms with Crippen molar-refractivity contribution in [2.75, 3.05) is 13.6 Å². The molecule has 0 radical (unpaired) electrons. The molecular formula is C20H29N5O4. The van der Waals surface area contributed by atoms with Crippen molar-refractivity contribution in [3.63, 3.8) is 0 Å². The number of hydrogen-bond donors (Lipinski definition) is 2. The van der Waals surface area contributed by atoms with E-state index >= 15 is 0 Å². The third-order valence-corrected chi connectivity index (χ3v) is 6.82. The lowest BCUT2D eigenvalue weighted by Crippen LogP contribution is -2.44. The van der Waals surface area contributed by atoms with Crippen molar-refractivity contribution in [1.82, 2.24) is 24.7 Å². The smallest absolute Gasteiger partial charge is 0.325 e. The fourth-order valence-electron chi connectivity index (χ4n) is 5.10. The van der Waals surface area contributed by atoms with Gasteiger partial charge < -0.3 is 19.9 Å². The Balaban J connectivity index is 1.28. The summed E-state index contributed by atoms with van der Waals surface area (Å²) in [4.78, 5) is 44.4. The summed E-state index contributed by atoms with van der Waals surface area (Å²) in [7, 11) is 1.72. The summed E-state index contributed by atoms with van der Waals surface area (Å²) >= 11 is 0. The molecule has 4 rings (SSSR count). The summed E-state index contributed by atoms with van der Waals surface area (Å²) in [6.07, 6.45) is 10.0. The second kappa shape index (κ2) is 7.78. The lowest BCUT2D eigenvalue weighted by atomic mass is 9.98. The molecule has 0 aromatic carbocycles. The molecule has 158 valence electrons. The van der Waals surface area contributed by atoms with E-state index in [1.165, 1.54) is 4.90 Å². The first kappa shape index (κ1) is 19.9. The molecule has 1 aromatic rings. The van der Waals surface area contributed by atoms with Crippen LogP contribution >= 0.6 is 0 Å². The highest BCUT2D eigenvalue weighted by Crippen LogP contribution is 2.35. The van der Waals surface area contributed by atoms with Crippen LogP contribution in [-0.2, 0) is 9.59 Å². The Morgan fingerprint density at radius 3 is 2.79 bits per heavy atom. The van der Waals surface area contributed by atoms with Crippen LogP contribution in [0, 0.1) is 0 Å². The summed E-state index contributed by atoms with van der Waals surface area (Å²) in [6, 6.07) is -0.660. The van der Waals surface area contributed by atoms with Gasteiger partial charge in [-0.2, -0.15) is 0 Å². The quantitative estimate of drug-likeness (QED) is 0.691. The zero-order valence-corrected chi connectivity index (χ0v) is 16.8. The first-order valence-electron chi connectivity index (χ1n) is 10.5. The summed E-state index contributed by atoms with van der Waals surface area (Å²) in [5.41, 5.74) is -0.700. The molecule has 1 spiro atoms. The number of nitrogens with zero attached hydrogens (tertiary/aromatic N) is 4. The topological polar surface area (TPSA) is 108 Å². The Kier molecular flexibility index (Phi) is 5.33. The van der Waals surface area contributed by atoms with Crippen LogP contribution in [0.25, 0.3) is 0 Å². The number of imide groups is 1. The minimum Gasteiger partial charge on any atom is -0.389 e. The van der Waals surface area contributed by atoms with Gasteiger partial charge in [0.25, 0.3) is 5.91 Å². The van der Waals surface area contributed by atoms with E-state index in [9.17, 15) is 19.5 Å². The van der Waals surface area contributed by atoms with Gasteiger partial charge in [-0.1, -0.05) is 12.8 Å². The van der Waals surface area contributed by atoms with Crippen LogP contribution in [0.5, 0.6) is 0 Å². The summed E-state index contributed by atoms with van der Waals surface area (Å²) in [5.74, 6) is -0.224. The first-order chi connectivity index (χ1) is 13.9. The highest BCUT2D eigenvalue weighted by Gasteiger charge is 2.52. The zero-order chi connectivity index (χ0) is 20.6. The second-order valence-corrected chi connectivity index (χ2v) is 8.50. The number of urea groups is 1. The van der Waals surface area contributed by atoms with Crippen molar-refractivity contribution in [3.8, 4) is 0 Å². The average Bonchev–Trinajstić information content (AvgIpc) is 3.47. The van der Waals surface area contributed by atoms with Crippen molar-refractivity contribution in [1.29, 1.82) is 0 Å². The van der Waals surface area contributed by atoms with E-state index < -0.39 is 11.6 Å². The predicted molar refractivity (Wildman–Crippen MR) is 104 cm³/mol. The van der Waals surface area contributed by atoms with Crippen LogP contribution in [0.15, 0.2) is 18.7 Å². The summed E-state index contributed by atoms with van der Waals surface area (Å²) < 4.78 is 1.89. The fraction of sp³-hybridized carbons (Fsp3) is 0.700. The van der Waals surface area contributed by atoms with E-state index in [2.05, 4.69) is 10.3 Å². The molecule has 1 aliphatic heterocycles. The van der Waals surface area contributed by atoms with Crippen LogP contribution < -0.4 is 5.32 Å². The largest absolute Gasteiger partial charge is 0.389 e. The number of rotatable bonds is 6. The van der Waals surface area contributed by atoms with E-state index in [1.54, 1.807) is 24.5 Å². The molecule has 9 heteroatoms. The van der Waals surface area contributed by atoms with E-state index in [1.807, 2.05) is 10.8 Å². The van der Waals surface area contributed by atoms with Crippen LogP contribution in [0.4, 0.5) is 4.79 Å². The maximum absolute atomic E-state index is 12.7. The summed E-state index contributed by atoms with van der Waals surface area (Å²) in [5, 5.41) is 13.5. The number of nitrogens with one attached hydrogen (secondary N) is 1. The fourth-order valence-corrected chi connectivity index (χ4v) is 5.10. The first-order valence-corrected chi connectivity index (χ1v) is 10.5. The van der Waals surface area contributed by atoms with Gasteiger partial charge >= 0.3 is 6.03 Å². The Morgan fingerprint density at radius 1 is 1.34 bits per heavy atom. The number of likely N-dealkylation sites (N-methyl/N-ethyl adjacent to an activating group) is 1. The van der Waals surface area contributed by atoms with Gasteiger partial charge in [-0.15, -0.1) is 0 Å². The van der Waals surface area contributed by atoms with Gasteiger partial charge in [0.05, 0.1) is 24.5 Å². The molecule has 0 bridgehead atoms. The number of amides is 4. The SMILES string of the molecule is CN(C(=O)CCCN1C(=O)NC2(CCCC2)C1=O)[C@@H]1CC[C@@H](n2ccnc2)[C@@H]1O. The van der Waals surface area contributed by atoms with Gasteiger partial charge in [0, 0.05) is 32.4 Å². The number of aromatic nitrogens is 2. The molecule has 1 aromatic heterocycles. The van der Waals surface area contributed by atoms with Crippen molar-refractivity contribution in [2.45, 2.75) is 75.1 Å². The molecule has 3 atom stereocenters. The molecule has 3 fully saturated rings. The number of hydrogen-bond acceptors (Lipinski definition) is 5. The van der Waals surface area contributed by atoms with E-state index in [-0.39, 0.29) is 42.9 Å². The Morgan fingerprint density at radius 2 is 2.10 bits per heavy atom. The van der Waals surface area contributed by atoms with E-state index in [0.717, 1.165) is 25.7 Å². The molecular weight excluding hydrogens is 374 g/mol. The van der Waals surface area contributed by atoms with Gasteiger partial charge in [-0.3, -0.25) is 14.5 Å². The highest BCUT2D eigenvalue weighted by atomic mass is 16.3. The van der Waals surface area contributed by atoms with Crippen LogP contribution in [-0.4, -0.2) is 73.6 Å².